The van der Waals surface area contributed by atoms with Gasteiger partial charge in [0.2, 0.25) is 5.91 Å². The van der Waals surface area contributed by atoms with Crippen molar-refractivity contribution in [2.24, 2.45) is 0 Å². The van der Waals surface area contributed by atoms with Crippen molar-refractivity contribution in [3.05, 3.63) is 0 Å². The third-order valence-corrected chi connectivity index (χ3v) is 3.64. The first kappa shape index (κ1) is 13.8. The molecular formula is C13H24N2O3. The van der Waals surface area contributed by atoms with Crippen molar-refractivity contribution in [2.45, 2.75) is 38.3 Å². The highest BCUT2D eigenvalue weighted by Gasteiger charge is 2.23. The lowest BCUT2D eigenvalue weighted by molar-refractivity contribution is -0.140. The minimum atomic E-state index is 0.194. The molecule has 0 aromatic carbocycles. The zero-order valence-corrected chi connectivity index (χ0v) is 11.2. The lowest BCUT2D eigenvalue weighted by atomic mass is 10.1. The zero-order valence-electron chi connectivity index (χ0n) is 11.2. The van der Waals surface area contributed by atoms with E-state index in [1.54, 1.807) is 0 Å². The third kappa shape index (κ3) is 3.93. The second kappa shape index (κ2) is 7.07. The van der Waals surface area contributed by atoms with Crippen molar-refractivity contribution in [3.8, 4) is 0 Å². The first-order chi connectivity index (χ1) is 8.77. The smallest absolute Gasteiger partial charge is 0.225 e. The molecule has 2 aliphatic heterocycles. The fourth-order valence-corrected chi connectivity index (χ4v) is 2.52. The minimum absolute atomic E-state index is 0.194. The topological polar surface area (TPSA) is 50.8 Å². The summed E-state index contributed by atoms with van der Waals surface area (Å²) in [5, 5.41) is 3.30. The Morgan fingerprint density at radius 2 is 2.22 bits per heavy atom. The molecule has 0 spiro atoms. The van der Waals surface area contributed by atoms with Crippen LogP contribution in [0.15, 0.2) is 0 Å². The number of ether oxygens (including phenoxy) is 2. The number of piperidine rings is 1. The number of nitrogens with zero attached hydrogens (tertiary/aromatic N) is 1. The van der Waals surface area contributed by atoms with Gasteiger partial charge in [-0.25, -0.2) is 0 Å². The number of carbonyl (C=O) groups excluding carboxylic acids is 1. The molecule has 1 amide bonds. The molecule has 2 saturated heterocycles. The molecule has 1 unspecified atom stereocenters. The summed E-state index contributed by atoms with van der Waals surface area (Å²) in [6.07, 6.45) is 2.94. The van der Waals surface area contributed by atoms with Crippen LogP contribution in [-0.2, 0) is 14.3 Å². The molecule has 2 aliphatic rings. The first-order valence-corrected chi connectivity index (χ1v) is 6.97. The lowest BCUT2D eigenvalue weighted by Crippen LogP contribution is -2.47. The molecule has 0 aromatic heterocycles. The van der Waals surface area contributed by atoms with Gasteiger partial charge in [0.05, 0.1) is 38.4 Å². The van der Waals surface area contributed by atoms with Crippen molar-refractivity contribution < 1.29 is 14.3 Å². The van der Waals surface area contributed by atoms with Crippen LogP contribution in [0, 0.1) is 0 Å². The second-order valence-electron chi connectivity index (χ2n) is 5.08. The SMILES string of the molecule is CC1COCCN1C(=O)CCOC1CCNCC1. The average Bonchev–Trinajstić information content (AvgIpc) is 2.40. The predicted octanol–water partition coefficient (Wildman–Crippen LogP) is 0.392. The average molecular weight is 256 g/mol. The van der Waals surface area contributed by atoms with E-state index in [0.29, 0.717) is 38.9 Å². The molecule has 2 fully saturated rings. The Morgan fingerprint density at radius 1 is 1.44 bits per heavy atom. The van der Waals surface area contributed by atoms with Gasteiger partial charge in [0.15, 0.2) is 0 Å². The molecule has 0 radical (unpaired) electrons. The van der Waals surface area contributed by atoms with Crippen molar-refractivity contribution in [1.82, 2.24) is 10.2 Å². The molecule has 0 aromatic rings. The summed E-state index contributed by atoms with van der Waals surface area (Å²) in [6, 6.07) is 0.199. The largest absolute Gasteiger partial charge is 0.378 e. The van der Waals surface area contributed by atoms with Crippen molar-refractivity contribution in [2.75, 3.05) is 39.5 Å². The number of hydrogen-bond acceptors (Lipinski definition) is 4. The summed E-state index contributed by atoms with van der Waals surface area (Å²) in [5.74, 6) is 0.194. The molecule has 1 N–H and O–H groups in total. The zero-order chi connectivity index (χ0) is 12.8. The maximum atomic E-state index is 12.0. The number of carbonyl (C=O) groups is 1. The molecule has 5 heteroatoms. The van der Waals surface area contributed by atoms with Crippen LogP contribution in [0.4, 0.5) is 0 Å². The summed E-state index contributed by atoms with van der Waals surface area (Å²) in [6.45, 7) is 6.66. The van der Waals surface area contributed by atoms with Gasteiger partial charge >= 0.3 is 0 Å². The minimum Gasteiger partial charge on any atom is -0.378 e. The number of hydrogen-bond donors (Lipinski definition) is 1. The van der Waals surface area contributed by atoms with Gasteiger partial charge in [0.25, 0.3) is 0 Å². The van der Waals surface area contributed by atoms with Crippen LogP contribution in [0.1, 0.15) is 26.2 Å². The van der Waals surface area contributed by atoms with Crippen molar-refractivity contribution >= 4 is 5.91 Å². The molecule has 0 saturated carbocycles. The van der Waals surface area contributed by atoms with Crippen LogP contribution >= 0.6 is 0 Å². The van der Waals surface area contributed by atoms with Crippen LogP contribution in [-0.4, -0.2) is 62.4 Å². The quantitative estimate of drug-likeness (QED) is 0.790. The summed E-state index contributed by atoms with van der Waals surface area (Å²) in [4.78, 5) is 13.9. The van der Waals surface area contributed by atoms with E-state index in [1.807, 2.05) is 11.8 Å². The maximum absolute atomic E-state index is 12.0. The van der Waals surface area contributed by atoms with Crippen molar-refractivity contribution in [3.63, 3.8) is 0 Å². The normalized spacial score (nSPS) is 26.3. The summed E-state index contributed by atoms with van der Waals surface area (Å²) < 4.78 is 11.1. The van der Waals surface area contributed by atoms with Gasteiger partial charge in [-0.2, -0.15) is 0 Å². The Balaban J connectivity index is 1.64. The Morgan fingerprint density at radius 3 is 2.94 bits per heavy atom. The highest BCUT2D eigenvalue weighted by Crippen LogP contribution is 2.10. The van der Waals surface area contributed by atoms with Gasteiger partial charge in [-0.15, -0.1) is 0 Å². The van der Waals surface area contributed by atoms with Crippen LogP contribution in [0.25, 0.3) is 0 Å². The fourth-order valence-electron chi connectivity index (χ4n) is 2.52. The number of nitrogens with one attached hydrogen (secondary N) is 1. The highest BCUT2D eigenvalue weighted by molar-refractivity contribution is 5.76. The van der Waals surface area contributed by atoms with Crippen molar-refractivity contribution in [1.29, 1.82) is 0 Å². The molecule has 18 heavy (non-hydrogen) atoms. The van der Waals surface area contributed by atoms with Gasteiger partial charge in [-0.1, -0.05) is 0 Å². The summed E-state index contributed by atoms with van der Waals surface area (Å²) in [5.41, 5.74) is 0. The molecule has 5 nitrogen and oxygen atoms in total. The van der Waals surface area contributed by atoms with Crippen LogP contribution in [0.5, 0.6) is 0 Å². The Labute approximate surface area is 109 Å². The first-order valence-electron chi connectivity index (χ1n) is 6.97. The number of morpholine rings is 1. The van der Waals surface area contributed by atoms with E-state index in [4.69, 9.17) is 9.47 Å². The van der Waals surface area contributed by atoms with E-state index in [-0.39, 0.29) is 11.9 Å². The van der Waals surface area contributed by atoms with Crippen LogP contribution in [0.3, 0.4) is 0 Å². The fraction of sp³-hybridized carbons (Fsp3) is 0.923. The number of amides is 1. The van der Waals surface area contributed by atoms with Crippen LogP contribution in [0.2, 0.25) is 0 Å². The summed E-state index contributed by atoms with van der Waals surface area (Å²) >= 11 is 0. The number of rotatable bonds is 4. The molecule has 0 bridgehead atoms. The van der Waals surface area contributed by atoms with E-state index in [0.717, 1.165) is 25.9 Å². The highest BCUT2D eigenvalue weighted by atomic mass is 16.5. The van der Waals surface area contributed by atoms with Gasteiger partial charge in [-0.05, 0) is 32.9 Å². The Hall–Kier alpha value is -0.650. The second-order valence-corrected chi connectivity index (χ2v) is 5.08. The van der Waals surface area contributed by atoms with Gasteiger partial charge < -0.3 is 19.7 Å². The maximum Gasteiger partial charge on any atom is 0.225 e. The predicted molar refractivity (Wildman–Crippen MR) is 68.5 cm³/mol. The third-order valence-electron chi connectivity index (χ3n) is 3.64. The van der Waals surface area contributed by atoms with Crippen LogP contribution < -0.4 is 5.32 Å². The lowest BCUT2D eigenvalue weighted by Gasteiger charge is -2.33. The molecule has 1 atom stereocenters. The monoisotopic (exact) mass is 256 g/mol. The standard InChI is InChI=1S/C13H24N2O3/c1-11-10-17-9-7-15(11)13(16)4-8-18-12-2-5-14-6-3-12/h11-12,14H,2-10H2,1H3. The Kier molecular flexibility index (Phi) is 5.41. The van der Waals surface area contributed by atoms with E-state index < -0.39 is 0 Å². The van der Waals surface area contributed by atoms with Gasteiger partial charge in [-0.3, -0.25) is 4.79 Å². The Bertz CT molecular complexity index is 267. The molecule has 0 aliphatic carbocycles. The molecule has 2 heterocycles. The van der Waals surface area contributed by atoms with E-state index in [1.165, 1.54) is 0 Å². The molecule has 104 valence electrons. The van der Waals surface area contributed by atoms with Gasteiger partial charge in [0.1, 0.15) is 0 Å². The van der Waals surface area contributed by atoms with Gasteiger partial charge in [0, 0.05) is 6.54 Å². The van der Waals surface area contributed by atoms with E-state index in [9.17, 15) is 4.79 Å². The van der Waals surface area contributed by atoms with E-state index in [2.05, 4.69) is 5.32 Å². The molecule has 2 rings (SSSR count). The van der Waals surface area contributed by atoms with E-state index >= 15 is 0 Å². The molecular weight excluding hydrogens is 232 g/mol. The summed E-state index contributed by atoms with van der Waals surface area (Å²) in [7, 11) is 0.